The number of aromatic nitrogens is 2. The molecule has 2 fully saturated rings. The molecule has 0 bridgehead atoms. The molecule has 3 rings (SSSR count). The fraction of sp³-hybridized carbons (Fsp3) is 0.667. The van der Waals surface area contributed by atoms with E-state index in [4.69, 9.17) is 0 Å². The van der Waals surface area contributed by atoms with Gasteiger partial charge in [0.05, 0.1) is 6.54 Å². The Morgan fingerprint density at radius 3 is 2.84 bits per heavy atom. The number of aryl methyl sites for hydroxylation is 1. The predicted octanol–water partition coefficient (Wildman–Crippen LogP) is -0.586. The van der Waals surface area contributed by atoms with Crippen LogP contribution in [0.4, 0.5) is 5.13 Å². The molecule has 1 N–H and O–H groups in total. The highest BCUT2D eigenvalue weighted by Gasteiger charge is 2.41. The van der Waals surface area contributed by atoms with E-state index in [-0.39, 0.29) is 24.3 Å². The van der Waals surface area contributed by atoms with Crippen molar-refractivity contribution >= 4 is 34.2 Å². The van der Waals surface area contributed by atoms with Gasteiger partial charge in [0.25, 0.3) is 0 Å². The van der Waals surface area contributed by atoms with Crippen LogP contribution in [0.3, 0.4) is 0 Å². The van der Waals surface area contributed by atoms with Gasteiger partial charge >= 0.3 is 0 Å². The normalized spacial score (nSPS) is 21.4. The monoisotopic (exact) mass is 366 g/mol. The van der Waals surface area contributed by atoms with Gasteiger partial charge in [-0.1, -0.05) is 18.3 Å². The van der Waals surface area contributed by atoms with Gasteiger partial charge in [-0.05, 0) is 6.42 Å². The van der Waals surface area contributed by atoms with Crippen molar-refractivity contribution in [1.82, 2.24) is 24.9 Å². The Bertz CT molecular complexity index is 678. The first kappa shape index (κ1) is 17.7. The number of anilines is 1. The van der Waals surface area contributed by atoms with Crippen molar-refractivity contribution in [2.45, 2.75) is 25.8 Å². The van der Waals surface area contributed by atoms with Crippen LogP contribution in [-0.2, 0) is 20.8 Å². The van der Waals surface area contributed by atoms with Gasteiger partial charge in [0.15, 0.2) is 0 Å². The van der Waals surface area contributed by atoms with Crippen LogP contribution in [0.15, 0.2) is 0 Å². The first-order valence-corrected chi connectivity index (χ1v) is 9.18. The molecular weight excluding hydrogens is 344 g/mol. The maximum Gasteiger partial charge on any atom is 0.246 e. The summed E-state index contributed by atoms with van der Waals surface area (Å²) in [5, 5.41) is 12.1. The van der Waals surface area contributed by atoms with E-state index < -0.39 is 6.04 Å². The van der Waals surface area contributed by atoms with Crippen LogP contribution in [0.2, 0.25) is 0 Å². The van der Waals surface area contributed by atoms with E-state index >= 15 is 0 Å². The minimum absolute atomic E-state index is 0.00695. The molecule has 10 heteroatoms. The molecular formula is C15H22N6O3S. The van der Waals surface area contributed by atoms with Gasteiger partial charge in [0.1, 0.15) is 11.0 Å². The number of piperazine rings is 2. The van der Waals surface area contributed by atoms with Gasteiger partial charge in [0, 0.05) is 39.6 Å². The Morgan fingerprint density at radius 2 is 2.12 bits per heavy atom. The summed E-state index contributed by atoms with van der Waals surface area (Å²) in [7, 11) is 1.65. The van der Waals surface area contributed by atoms with Gasteiger partial charge < -0.3 is 15.1 Å². The molecule has 0 radical (unpaired) electrons. The number of hydrogen-bond acceptors (Lipinski definition) is 7. The molecule has 0 aromatic carbocycles. The summed E-state index contributed by atoms with van der Waals surface area (Å²) in [6.07, 6.45) is 1.10. The van der Waals surface area contributed by atoms with Gasteiger partial charge in [0.2, 0.25) is 22.9 Å². The van der Waals surface area contributed by atoms with Crippen molar-refractivity contribution in [2.75, 3.05) is 45.1 Å². The highest BCUT2D eigenvalue weighted by atomic mass is 32.1. The van der Waals surface area contributed by atoms with E-state index in [1.807, 2.05) is 6.92 Å². The fourth-order valence-corrected chi connectivity index (χ4v) is 3.76. The summed E-state index contributed by atoms with van der Waals surface area (Å²) >= 11 is 1.38. The Morgan fingerprint density at radius 1 is 1.32 bits per heavy atom. The number of fused-ring (bicyclic) bond motifs is 1. The lowest BCUT2D eigenvalue weighted by Crippen LogP contribution is -2.66. The van der Waals surface area contributed by atoms with Crippen LogP contribution in [-0.4, -0.2) is 88.4 Å². The maximum absolute atomic E-state index is 12.3. The third-order valence-electron chi connectivity index (χ3n) is 4.49. The molecule has 136 valence electrons. The van der Waals surface area contributed by atoms with Crippen LogP contribution < -0.4 is 5.32 Å². The molecule has 25 heavy (non-hydrogen) atoms. The van der Waals surface area contributed by atoms with E-state index in [9.17, 15) is 14.4 Å². The van der Waals surface area contributed by atoms with Crippen molar-refractivity contribution in [3.05, 3.63) is 5.01 Å². The SMILES string of the molecule is CCc1nnc(NC(=O)CCN2CCN3C(=O)CN(C)C(=O)C3C2)s1. The first-order valence-electron chi connectivity index (χ1n) is 8.37. The number of nitrogens with zero attached hydrogens (tertiary/aromatic N) is 5. The summed E-state index contributed by atoms with van der Waals surface area (Å²) in [6.45, 7) is 4.36. The van der Waals surface area contributed by atoms with Crippen LogP contribution in [0, 0.1) is 0 Å². The van der Waals surface area contributed by atoms with Crippen LogP contribution in [0.1, 0.15) is 18.4 Å². The minimum atomic E-state index is -0.432. The lowest BCUT2D eigenvalue weighted by atomic mass is 10.1. The van der Waals surface area contributed by atoms with E-state index in [1.54, 1.807) is 11.9 Å². The van der Waals surface area contributed by atoms with Gasteiger partial charge in [-0.3, -0.25) is 19.3 Å². The Kier molecular flexibility index (Phi) is 5.28. The van der Waals surface area contributed by atoms with Crippen LogP contribution in [0.25, 0.3) is 0 Å². The number of likely N-dealkylation sites (N-methyl/N-ethyl adjacent to an activating group) is 1. The van der Waals surface area contributed by atoms with Gasteiger partial charge in [-0.15, -0.1) is 10.2 Å². The van der Waals surface area contributed by atoms with E-state index in [1.165, 1.54) is 16.2 Å². The number of carbonyl (C=O) groups is 3. The summed E-state index contributed by atoms with van der Waals surface area (Å²) in [5.74, 6) is -0.161. The number of rotatable bonds is 5. The zero-order chi connectivity index (χ0) is 18.0. The number of nitrogens with one attached hydrogen (secondary N) is 1. The first-order chi connectivity index (χ1) is 12.0. The summed E-state index contributed by atoms with van der Waals surface area (Å²) < 4.78 is 0. The fourth-order valence-electron chi connectivity index (χ4n) is 3.07. The van der Waals surface area contributed by atoms with Crippen molar-refractivity contribution in [3.63, 3.8) is 0 Å². The van der Waals surface area contributed by atoms with Crippen molar-refractivity contribution in [3.8, 4) is 0 Å². The number of hydrogen-bond donors (Lipinski definition) is 1. The van der Waals surface area contributed by atoms with E-state index in [0.29, 0.717) is 37.7 Å². The highest BCUT2D eigenvalue weighted by molar-refractivity contribution is 7.15. The molecule has 1 atom stereocenters. The largest absolute Gasteiger partial charge is 0.335 e. The second-order valence-corrected chi connectivity index (χ2v) is 7.31. The standard InChI is InChI=1S/C15H22N6O3S/c1-3-12-17-18-15(25-12)16-11(22)4-5-20-6-7-21-10(8-20)14(24)19(2)9-13(21)23/h10H,3-9H2,1-2H3,(H,16,18,22). The number of carbonyl (C=O) groups excluding carboxylic acids is 3. The molecule has 1 aromatic rings. The van der Waals surface area contributed by atoms with Crippen molar-refractivity contribution < 1.29 is 14.4 Å². The predicted molar refractivity (Wildman–Crippen MR) is 92.1 cm³/mol. The molecule has 0 saturated carbocycles. The lowest BCUT2D eigenvalue weighted by molar-refractivity contribution is -0.158. The quantitative estimate of drug-likeness (QED) is 0.748. The minimum Gasteiger partial charge on any atom is -0.335 e. The van der Waals surface area contributed by atoms with Gasteiger partial charge in [-0.25, -0.2) is 0 Å². The molecule has 3 amide bonds. The van der Waals surface area contributed by atoms with Gasteiger partial charge in [-0.2, -0.15) is 0 Å². The highest BCUT2D eigenvalue weighted by Crippen LogP contribution is 2.18. The number of amides is 3. The average Bonchev–Trinajstić information content (AvgIpc) is 3.05. The van der Waals surface area contributed by atoms with Crippen LogP contribution >= 0.6 is 11.3 Å². The van der Waals surface area contributed by atoms with Crippen LogP contribution in [0.5, 0.6) is 0 Å². The van der Waals surface area contributed by atoms with Crippen molar-refractivity contribution in [2.24, 2.45) is 0 Å². The molecule has 9 nitrogen and oxygen atoms in total. The summed E-state index contributed by atoms with van der Waals surface area (Å²) in [5.41, 5.74) is 0. The Balaban J connectivity index is 1.49. The smallest absolute Gasteiger partial charge is 0.246 e. The second kappa shape index (κ2) is 7.44. The topological polar surface area (TPSA) is 98.7 Å². The molecule has 0 aliphatic carbocycles. The Hall–Kier alpha value is -2.07. The second-order valence-electron chi connectivity index (χ2n) is 6.25. The summed E-state index contributed by atoms with van der Waals surface area (Å²) in [6, 6.07) is -0.432. The molecule has 0 spiro atoms. The molecule has 1 aromatic heterocycles. The van der Waals surface area contributed by atoms with E-state index in [0.717, 1.165) is 11.4 Å². The molecule has 2 aliphatic heterocycles. The molecule has 3 heterocycles. The third-order valence-corrected chi connectivity index (χ3v) is 5.47. The molecule has 1 unspecified atom stereocenters. The van der Waals surface area contributed by atoms with E-state index in [2.05, 4.69) is 20.4 Å². The molecule has 2 saturated heterocycles. The molecule has 2 aliphatic rings. The zero-order valence-electron chi connectivity index (χ0n) is 14.4. The summed E-state index contributed by atoms with van der Waals surface area (Å²) in [4.78, 5) is 41.6. The lowest BCUT2D eigenvalue weighted by Gasteiger charge is -2.45. The zero-order valence-corrected chi connectivity index (χ0v) is 15.2. The third kappa shape index (κ3) is 3.96. The maximum atomic E-state index is 12.3. The van der Waals surface area contributed by atoms with Crippen molar-refractivity contribution in [1.29, 1.82) is 0 Å². The average molecular weight is 366 g/mol. The Labute approximate surface area is 150 Å².